The summed E-state index contributed by atoms with van der Waals surface area (Å²) in [5.74, 6) is 0. The van der Waals surface area contributed by atoms with Crippen LogP contribution in [0.3, 0.4) is 0 Å². The van der Waals surface area contributed by atoms with Crippen molar-refractivity contribution in [3.8, 4) is 0 Å². The molecule has 1 heterocycles. The van der Waals surface area contributed by atoms with Gasteiger partial charge in [-0.15, -0.1) is 0 Å². The van der Waals surface area contributed by atoms with E-state index in [9.17, 15) is 9.90 Å². The molecule has 2 rings (SSSR count). The van der Waals surface area contributed by atoms with E-state index in [2.05, 4.69) is 0 Å². The van der Waals surface area contributed by atoms with Crippen molar-refractivity contribution in [2.45, 2.75) is 58.1 Å². The van der Waals surface area contributed by atoms with Crippen molar-refractivity contribution in [2.75, 3.05) is 13.2 Å². The topological polar surface area (TPSA) is 49.8 Å². The van der Waals surface area contributed by atoms with Gasteiger partial charge in [-0.3, -0.25) is 0 Å². The Morgan fingerprint density at radius 1 is 1.41 bits per heavy atom. The summed E-state index contributed by atoms with van der Waals surface area (Å²) in [7, 11) is 0. The van der Waals surface area contributed by atoms with Crippen LogP contribution >= 0.6 is 0 Å². The van der Waals surface area contributed by atoms with Crippen LogP contribution in [0.15, 0.2) is 0 Å². The van der Waals surface area contributed by atoms with E-state index < -0.39 is 5.60 Å². The van der Waals surface area contributed by atoms with Crippen molar-refractivity contribution >= 4 is 6.09 Å². The second-order valence-corrected chi connectivity index (χ2v) is 6.46. The number of likely N-dealkylation sites (tertiary alicyclic amines) is 1. The number of nitrogens with zero attached hydrogens (tertiary/aromatic N) is 1. The van der Waals surface area contributed by atoms with Crippen LogP contribution in [0.25, 0.3) is 0 Å². The Labute approximate surface area is 103 Å². The Morgan fingerprint density at radius 3 is 2.53 bits per heavy atom. The van der Waals surface area contributed by atoms with Crippen LogP contribution in [-0.2, 0) is 4.74 Å². The van der Waals surface area contributed by atoms with Gasteiger partial charge in [0.25, 0.3) is 0 Å². The van der Waals surface area contributed by atoms with E-state index in [4.69, 9.17) is 4.74 Å². The summed E-state index contributed by atoms with van der Waals surface area (Å²) in [5, 5.41) is 9.42. The molecule has 1 spiro atoms. The van der Waals surface area contributed by atoms with E-state index >= 15 is 0 Å². The molecule has 0 aromatic carbocycles. The van der Waals surface area contributed by atoms with E-state index in [-0.39, 0.29) is 18.7 Å². The maximum Gasteiger partial charge on any atom is 0.410 e. The number of hydrogen-bond acceptors (Lipinski definition) is 3. The normalized spacial score (nSPS) is 27.1. The first-order valence-electron chi connectivity index (χ1n) is 6.46. The third-order valence-corrected chi connectivity index (χ3v) is 3.79. The number of aliphatic hydroxyl groups excluding tert-OH is 1. The quantitative estimate of drug-likeness (QED) is 0.765. The van der Waals surface area contributed by atoms with Crippen LogP contribution in [-0.4, -0.2) is 40.9 Å². The highest BCUT2D eigenvalue weighted by molar-refractivity contribution is 5.68. The molecule has 1 atom stereocenters. The maximum atomic E-state index is 12.0. The highest BCUT2D eigenvalue weighted by Crippen LogP contribution is 2.55. The molecule has 0 bridgehead atoms. The molecule has 1 aliphatic heterocycles. The molecule has 0 radical (unpaired) electrons. The van der Waals surface area contributed by atoms with E-state index in [0.717, 1.165) is 19.4 Å². The monoisotopic (exact) mass is 241 g/mol. The number of rotatable bonds is 1. The van der Waals surface area contributed by atoms with Gasteiger partial charge in [-0.25, -0.2) is 4.79 Å². The zero-order valence-corrected chi connectivity index (χ0v) is 11.0. The van der Waals surface area contributed by atoms with Crippen LogP contribution in [0.5, 0.6) is 0 Å². The molecule has 1 amide bonds. The van der Waals surface area contributed by atoms with Gasteiger partial charge in [-0.2, -0.15) is 0 Å². The van der Waals surface area contributed by atoms with Crippen molar-refractivity contribution < 1.29 is 14.6 Å². The molecule has 98 valence electrons. The smallest absolute Gasteiger partial charge is 0.410 e. The lowest BCUT2D eigenvalue weighted by atomic mass is 9.88. The maximum absolute atomic E-state index is 12.0. The first-order valence-corrected chi connectivity index (χ1v) is 6.46. The first kappa shape index (κ1) is 12.7. The van der Waals surface area contributed by atoms with Crippen molar-refractivity contribution in [2.24, 2.45) is 5.41 Å². The third-order valence-electron chi connectivity index (χ3n) is 3.79. The van der Waals surface area contributed by atoms with Gasteiger partial charge in [-0.05, 0) is 51.9 Å². The molecule has 1 unspecified atom stereocenters. The van der Waals surface area contributed by atoms with Gasteiger partial charge in [-0.1, -0.05) is 0 Å². The van der Waals surface area contributed by atoms with Gasteiger partial charge in [0.05, 0.1) is 12.6 Å². The fourth-order valence-electron chi connectivity index (χ4n) is 2.61. The Kier molecular flexibility index (Phi) is 3.10. The molecule has 4 nitrogen and oxygen atoms in total. The minimum Gasteiger partial charge on any atom is -0.444 e. The molecular formula is C13H23NO3. The standard InChI is InChI=1S/C13H23NO3/c1-12(2,3)17-11(16)14-7-6-13(4-5-13)8-10(14)9-15/h10,15H,4-9H2,1-3H3. The molecule has 2 aliphatic rings. The molecule has 0 aromatic rings. The molecule has 1 saturated carbocycles. The van der Waals surface area contributed by atoms with Crippen molar-refractivity contribution in [3.05, 3.63) is 0 Å². The van der Waals surface area contributed by atoms with E-state index in [1.54, 1.807) is 4.90 Å². The van der Waals surface area contributed by atoms with Crippen molar-refractivity contribution in [1.29, 1.82) is 0 Å². The molecule has 1 N–H and O–H groups in total. The van der Waals surface area contributed by atoms with Gasteiger partial charge in [0.15, 0.2) is 0 Å². The van der Waals surface area contributed by atoms with Gasteiger partial charge < -0.3 is 14.7 Å². The minimum atomic E-state index is -0.466. The summed E-state index contributed by atoms with van der Waals surface area (Å²) < 4.78 is 5.37. The lowest BCUT2D eigenvalue weighted by Gasteiger charge is -2.39. The van der Waals surface area contributed by atoms with Crippen LogP contribution in [0.1, 0.15) is 46.5 Å². The van der Waals surface area contributed by atoms with Gasteiger partial charge >= 0.3 is 6.09 Å². The SMILES string of the molecule is CC(C)(C)OC(=O)N1CCC2(CC2)CC1CO. The Morgan fingerprint density at radius 2 is 2.06 bits per heavy atom. The Balaban J connectivity index is 1.97. The number of hydrogen-bond donors (Lipinski definition) is 1. The van der Waals surface area contributed by atoms with E-state index in [1.165, 1.54) is 12.8 Å². The summed E-state index contributed by atoms with van der Waals surface area (Å²) in [5.41, 5.74) is -0.0300. The minimum absolute atomic E-state index is 0.0427. The van der Waals surface area contributed by atoms with Crippen molar-refractivity contribution in [3.63, 3.8) is 0 Å². The zero-order valence-electron chi connectivity index (χ0n) is 11.0. The Hall–Kier alpha value is -0.770. The second kappa shape index (κ2) is 4.16. The van der Waals surface area contributed by atoms with Crippen LogP contribution < -0.4 is 0 Å². The number of carbonyl (C=O) groups is 1. The number of amides is 1. The average Bonchev–Trinajstić information content (AvgIpc) is 2.95. The van der Waals surface area contributed by atoms with Crippen molar-refractivity contribution in [1.82, 2.24) is 4.90 Å². The fraction of sp³-hybridized carbons (Fsp3) is 0.923. The number of aliphatic hydroxyl groups is 1. The van der Waals surface area contributed by atoms with Gasteiger partial charge in [0.2, 0.25) is 0 Å². The molecule has 0 aromatic heterocycles. The summed E-state index contributed by atoms with van der Waals surface area (Å²) >= 11 is 0. The molecule has 4 heteroatoms. The summed E-state index contributed by atoms with van der Waals surface area (Å²) in [6.07, 6.45) is 4.22. The lowest BCUT2D eigenvalue weighted by Crippen LogP contribution is -2.50. The highest BCUT2D eigenvalue weighted by Gasteiger charge is 2.49. The predicted molar refractivity (Wildman–Crippen MR) is 64.7 cm³/mol. The van der Waals surface area contributed by atoms with Gasteiger partial charge in [0.1, 0.15) is 5.60 Å². The molecule has 1 saturated heterocycles. The van der Waals surface area contributed by atoms with E-state index in [1.807, 2.05) is 20.8 Å². The van der Waals surface area contributed by atoms with E-state index in [0.29, 0.717) is 5.41 Å². The molecular weight excluding hydrogens is 218 g/mol. The van der Waals surface area contributed by atoms with Crippen LogP contribution in [0.2, 0.25) is 0 Å². The average molecular weight is 241 g/mol. The second-order valence-electron chi connectivity index (χ2n) is 6.46. The molecule has 17 heavy (non-hydrogen) atoms. The first-order chi connectivity index (χ1) is 7.85. The fourth-order valence-corrected chi connectivity index (χ4v) is 2.61. The largest absolute Gasteiger partial charge is 0.444 e. The lowest BCUT2D eigenvalue weighted by molar-refractivity contribution is -0.00687. The highest BCUT2D eigenvalue weighted by atomic mass is 16.6. The molecule has 2 fully saturated rings. The predicted octanol–water partition coefficient (Wildman–Crippen LogP) is 2.16. The van der Waals surface area contributed by atoms with Crippen LogP contribution in [0.4, 0.5) is 4.79 Å². The van der Waals surface area contributed by atoms with Gasteiger partial charge in [0, 0.05) is 6.54 Å². The molecule has 1 aliphatic carbocycles. The summed E-state index contributed by atoms with van der Waals surface area (Å²) in [6.45, 7) is 6.36. The number of carbonyl (C=O) groups excluding carboxylic acids is 1. The zero-order chi connectivity index (χ0) is 12.7. The number of ether oxygens (including phenoxy) is 1. The van der Waals surface area contributed by atoms with Crippen LogP contribution in [0, 0.1) is 5.41 Å². The summed E-state index contributed by atoms with van der Waals surface area (Å²) in [6, 6.07) is -0.0545. The number of piperidine rings is 1. The third kappa shape index (κ3) is 2.92. The Bertz CT molecular complexity index is 304. The summed E-state index contributed by atoms with van der Waals surface area (Å²) in [4.78, 5) is 13.7.